The number of imidazole rings is 1. The van der Waals surface area contributed by atoms with Crippen molar-refractivity contribution >= 4 is 59.1 Å². The van der Waals surface area contributed by atoms with Crippen LogP contribution >= 0.6 is 0 Å². The Kier molecular flexibility index (Phi) is 23.2. The second-order valence-electron chi connectivity index (χ2n) is 17.7. The summed E-state index contributed by atoms with van der Waals surface area (Å²) in [5.41, 5.74) is 11.7. The molecule has 0 aliphatic carbocycles. The van der Waals surface area contributed by atoms with E-state index >= 15 is 0 Å². The number of benzene rings is 1. The van der Waals surface area contributed by atoms with E-state index in [2.05, 4.69) is 52.5 Å². The van der Waals surface area contributed by atoms with Crippen molar-refractivity contribution in [2.45, 2.75) is 136 Å². The molecule has 382 valence electrons. The number of aliphatic hydroxyl groups excluding tert-OH is 1. The highest BCUT2D eigenvalue weighted by Crippen LogP contribution is 2.13. The molecular weight excluding hydrogens is 905 g/mol. The molecule has 0 saturated heterocycles. The number of hydrogen-bond donors (Lipinski definition) is 14. The lowest BCUT2D eigenvalue weighted by molar-refractivity contribution is -0.144. The molecular formula is C44H68N12O13. The van der Waals surface area contributed by atoms with Gasteiger partial charge in [-0.25, -0.2) is 9.78 Å². The van der Waals surface area contributed by atoms with Gasteiger partial charge >= 0.3 is 5.97 Å². The molecule has 1 aromatic carbocycles. The van der Waals surface area contributed by atoms with E-state index in [0.717, 1.165) is 6.92 Å². The van der Waals surface area contributed by atoms with Crippen molar-refractivity contribution < 1.29 is 63.3 Å². The zero-order valence-electron chi connectivity index (χ0n) is 40.0. The van der Waals surface area contributed by atoms with Gasteiger partial charge in [0, 0.05) is 31.2 Å². The number of nitrogens with zero attached hydrogens (tertiary/aromatic N) is 1. The SMILES string of the molecule is CC(C)[C@H](NC(=O)[C@H](CCC(N)=O)NC(=O)[C@@H](NC(=O)[C@H](Cc1ccc(O)cc1)NC(=O)[C@H](Cc1cnc[nH]1)NC(=O)CNC(=O)[C@@H](NC(=O)[C@@H](NC(=O)[C@H](C)N)C(C)C)C(C)C)[C@@H](C)O)C(=O)O. The van der Waals surface area contributed by atoms with Crippen LogP contribution in [0.25, 0.3) is 0 Å². The molecule has 0 fully saturated rings. The van der Waals surface area contributed by atoms with Crippen LogP contribution in [-0.2, 0) is 60.8 Å². The number of phenols is 1. The van der Waals surface area contributed by atoms with E-state index in [4.69, 9.17) is 11.5 Å². The number of primary amides is 1. The number of aromatic nitrogens is 2. The first-order valence-corrected chi connectivity index (χ1v) is 22.3. The highest BCUT2D eigenvalue weighted by atomic mass is 16.4. The topological polar surface area (TPSA) is 408 Å². The maximum atomic E-state index is 14.1. The molecule has 25 nitrogen and oxygen atoms in total. The van der Waals surface area contributed by atoms with Gasteiger partial charge in [-0.2, -0.15) is 0 Å². The number of hydrogen-bond acceptors (Lipinski definition) is 14. The molecule has 2 rings (SSSR count). The van der Waals surface area contributed by atoms with Gasteiger partial charge in [0.2, 0.25) is 53.2 Å². The number of carbonyl (C=O) groups excluding carboxylic acids is 9. The maximum absolute atomic E-state index is 14.1. The van der Waals surface area contributed by atoms with Crippen LogP contribution in [0.5, 0.6) is 5.75 Å². The summed E-state index contributed by atoms with van der Waals surface area (Å²) in [4.78, 5) is 138. The number of aliphatic hydroxyl groups is 1. The van der Waals surface area contributed by atoms with Gasteiger partial charge in [-0.05, 0) is 55.7 Å². The summed E-state index contributed by atoms with van der Waals surface area (Å²) >= 11 is 0. The van der Waals surface area contributed by atoms with E-state index in [1.807, 2.05) is 0 Å². The molecule has 0 radical (unpaired) electrons. The Morgan fingerprint density at radius 1 is 0.609 bits per heavy atom. The lowest BCUT2D eigenvalue weighted by Crippen LogP contribution is -2.62. The Morgan fingerprint density at radius 3 is 1.59 bits per heavy atom. The fraction of sp³-hybridized carbons (Fsp3) is 0.568. The third-order valence-corrected chi connectivity index (χ3v) is 10.6. The van der Waals surface area contributed by atoms with Crippen molar-refractivity contribution in [1.29, 1.82) is 0 Å². The van der Waals surface area contributed by atoms with Crippen LogP contribution in [0, 0.1) is 17.8 Å². The highest BCUT2D eigenvalue weighted by Gasteiger charge is 2.36. The molecule has 1 heterocycles. The molecule has 1 aromatic heterocycles. The van der Waals surface area contributed by atoms with E-state index in [9.17, 15) is 63.3 Å². The van der Waals surface area contributed by atoms with Crippen molar-refractivity contribution in [3.8, 4) is 5.75 Å². The van der Waals surface area contributed by atoms with Gasteiger partial charge in [0.1, 0.15) is 48.0 Å². The third kappa shape index (κ3) is 19.5. The molecule has 16 N–H and O–H groups in total. The number of carboxylic acids is 1. The minimum absolute atomic E-state index is 0.116. The van der Waals surface area contributed by atoms with Crippen molar-refractivity contribution in [3.63, 3.8) is 0 Å². The normalized spacial score (nSPS) is 15.1. The van der Waals surface area contributed by atoms with E-state index in [1.165, 1.54) is 57.6 Å². The number of aromatic amines is 1. The fourth-order valence-electron chi connectivity index (χ4n) is 6.54. The summed E-state index contributed by atoms with van der Waals surface area (Å²) in [7, 11) is 0. The van der Waals surface area contributed by atoms with Gasteiger partial charge in [-0.15, -0.1) is 0 Å². The molecule has 0 unspecified atom stereocenters. The molecule has 0 spiro atoms. The van der Waals surface area contributed by atoms with Crippen molar-refractivity contribution in [3.05, 3.63) is 48.0 Å². The zero-order chi connectivity index (χ0) is 52.3. The standard InChI is InChI=1S/C44H68N12O13/c1-20(2)33(54-42(66)34(21(3)4)53-37(61)23(7)45)41(65)48-18-32(60)50-30(16-26-17-47-19-49-26)39(63)52-29(15-25-9-11-27(58)12-10-25)40(64)56-36(24(8)57)43(67)51-28(13-14-31(46)59)38(62)55-35(22(5)6)44(68)69/h9-12,17,19-24,28-30,33-36,57-58H,13-16,18,45H2,1-8H3,(H2,46,59)(H,47,49)(H,48,65)(H,50,60)(H,51,67)(H,52,63)(H,53,61)(H,54,66)(H,55,62)(H,56,64)(H,68,69)/t23-,24+,28-,29-,30-,33-,34-,35-,36-/m0/s1. The first-order valence-electron chi connectivity index (χ1n) is 22.3. The summed E-state index contributed by atoms with van der Waals surface area (Å²) in [6.07, 6.45) is -0.257. The molecule has 2 aromatic rings. The molecule has 0 saturated carbocycles. The van der Waals surface area contributed by atoms with E-state index in [-0.39, 0.29) is 30.9 Å². The summed E-state index contributed by atoms with van der Waals surface area (Å²) in [5.74, 6) is -10.8. The van der Waals surface area contributed by atoms with Crippen molar-refractivity contribution in [2.75, 3.05) is 6.54 Å². The van der Waals surface area contributed by atoms with E-state index in [1.54, 1.807) is 27.7 Å². The first kappa shape index (κ1) is 58.0. The van der Waals surface area contributed by atoms with E-state index < -0.39 is 138 Å². The molecule has 9 amide bonds. The fourth-order valence-corrected chi connectivity index (χ4v) is 6.54. The molecule has 0 bridgehead atoms. The quantitative estimate of drug-likeness (QED) is 0.0393. The Balaban J connectivity index is 2.38. The van der Waals surface area contributed by atoms with Crippen LogP contribution in [0.2, 0.25) is 0 Å². The van der Waals surface area contributed by atoms with Gasteiger partial charge in [-0.3, -0.25) is 43.2 Å². The second kappa shape index (κ2) is 27.6. The Bertz CT molecular complexity index is 2100. The van der Waals surface area contributed by atoms with Crippen LogP contribution in [0.3, 0.4) is 0 Å². The smallest absolute Gasteiger partial charge is 0.326 e. The number of phenolic OH excluding ortho intramolecular Hbond substituents is 1. The number of aliphatic carboxylic acids is 1. The Morgan fingerprint density at radius 2 is 1.09 bits per heavy atom. The molecule has 9 atom stereocenters. The van der Waals surface area contributed by atoms with Gasteiger partial charge in [0.15, 0.2) is 0 Å². The minimum Gasteiger partial charge on any atom is -0.508 e. The number of rotatable bonds is 28. The number of H-pyrrole nitrogens is 1. The van der Waals surface area contributed by atoms with E-state index in [0.29, 0.717) is 11.3 Å². The molecule has 25 heteroatoms. The van der Waals surface area contributed by atoms with Gasteiger partial charge in [0.05, 0.1) is 25.0 Å². The third-order valence-electron chi connectivity index (χ3n) is 10.6. The summed E-state index contributed by atoms with van der Waals surface area (Å²) < 4.78 is 0. The van der Waals surface area contributed by atoms with Crippen LogP contribution in [0.15, 0.2) is 36.8 Å². The zero-order valence-corrected chi connectivity index (χ0v) is 40.0. The number of nitrogens with one attached hydrogen (secondary N) is 9. The summed E-state index contributed by atoms with van der Waals surface area (Å²) in [6.45, 7) is 11.6. The van der Waals surface area contributed by atoms with Gasteiger partial charge in [0.25, 0.3) is 0 Å². The van der Waals surface area contributed by atoms with Crippen LogP contribution < -0.4 is 54.0 Å². The largest absolute Gasteiger partial charge is 0.508 e. The predicted molar refractivity (Wildman–Crippen MR) is 247 cm³/mol. The molecule has 0 aliphatic heterocycles. The van der Waals surface area contributed by atoms with Crippen LogP contribution in [0.1, 0.15) is 79.5 Å². The maximum Gasteiger partial charge on any atom is 0.326 e. The second-order valence-corrected chi connectivity index (χ2v) is 17.7. The number of nitrogens with two attached hydrogens (primary N) is 2. The van der Waals surface area contributed by atoms with Crippen LogP contribution in [0.4, 0.5) is 0 Å². The monoisotopic (exact) mass is 973 g/mol. The first-order chi connectivity index (χ1) is 32.2. The van der Waals surface area contributed by atoms with Gasteiger partial charge < -0.3 is 74.3 Å². The number of carbonyl (C=O) groups is 10. The van der Waals surface area contributed by atoms with Crippen molar-refractivity contribution in [2.24, 2.45) is 29.2 Å². The highest BCUT2D eigenvalue weighted by molar-refractivity contribution is 5.98. The summed E-state index contributed by atoms with van der Waals surface area (Å²) in [5, 5.41) is 49.9. The minimum atomic E-state index is -1.81. The lowest BCUT2D eigenvalue weighted by Gasteiger charge is -2.28. The molecule has 69 heavy (non-hydrogen) atoms. The summed E-state index contributed by atoms with van der Waals surface area (Å²) in [6, 6.07) is -5.33. The van der Waals surface area contributed by atoms with Crippen molar-refractivity contribution in [1.82, 2.24) is 52.5 Å². The predicted octanol–water partition coefficient (Wildman–Crippen LogP) is -3.54. The van der Waals surface area contributed by atoms with Gasteiger partial charge in [-0.1, -0.05) is 53.7 Å². The van der Waals surface area contributed by atoms with Crippen LogP contribution in [-0.4, -0.2) is 145 Å². The Hall–Kier alpha value is -7.15. The molecule has 0 aliphatic rings. The lowest BCUT2D eigenvalue weighted by atomic mass is 9.99. The Labute approximate surface area is 399 Å². The number of carboxylic acid groups (broad SMARTS) is 1. The average Bonchev–Trinajstić information content (AvgIpc) is 3.78. The average molecular weight is 973 g/mol. The number of aromatic hydroxyl groups is 1. The number of amides is 9.